The lowest BCUT2D eigenvalue weighted by molar-refractivity contribution is -0.137. The minimum Gasteiger partial charge on any atom is -0.460 e. The summed E-state index contributed by atoms with van der Waals surface area (Å²) in [6, 6.07) is 12.1. The van der Waals surface area contributed by atoms with Gasteiger partial charge in [0.05, 0.1) is 16.7 Å². The minimum atomic E-state index is -4.62. The number of furan rings is 1. The van der Waals surface area contributed by atoms with E-state index in [-0.39, 0.29) is 16.1 Å². The zero-order valence-electron chi connectivity index (χ0n) is 16.0. The van der Waals surface area contributed by atoms with E-state index in [9.17, 15) is 26.4 Å². The number of carbonyl (C=O) groups is 1. The van der Waals surface area contributed by atoms with Crippen molar-refractivity contribution in [2.75, 3.05) is 4.72 Å². The van der Waals surface area contributed by atoms with Crippen LogP contribution in [0.25, 0.3) is 0 Å². The molecule has 1 aromatic heterocycles. The van der Waals surface area contributed by atoms with Crippen LogP contribution in [0.1, 0.15) is 27.4 Å². The molecule has 11 heteroatoms. The first kappa shape index (κ1) is 22.1. The fourth-order valence-electron chi connectivity index (χ4n) is 2.52. The Kier molecular flexibility index (Phi) is 6.16. The van der Waals surface area contributed by atoms with Crippen LogP contribution in [0, 0.1) is 6.92 Å². The van der Waals surface area contributed by atoms with Gasteiger partial charge in [-0.25, -0.2) is 13.8 Å². The number of anilines is 1. The van der Waals surface area contributed by atoms with Crippen molar-refractivity contribution in [3.8, 4) is 0 Å². The van der Waals surface area contributed by atoms with Crippen LogP contribution in [0.3, 0.4) is 0 Å². The molecule has 1 heterocycles. The van der Waals surface area contributed by atoms with E-state index in [2.05, 4.69) is 15.2 Å². The van der Waals surface area contributed by atoms with E-state index in [1.165, 1.54) is 30.5 Å². The molecule has 2 N–H and O–H groups in total. The van der Waals surface area contributed by atoms with Crippen molar-refractivity contribution >= 4 is 27.8 Å². The van der Waals surface area contributed by atoms with Crippen LogP contribution in [0.2, 0.25) is 0 Å². The molecule has 0 unspecified atom stereocenters. The highest BCUT2D eigenvalue weighted by molar-refractivity contribution is 7.92. The van der Waals surface area contributed by atoms with Crippen LogP contribution in [0.15, 0.2) is 75.1 Å². The van der Waals surface area contributed by atoms with Crippen molar-refractivity contribution in [1.82, 2.24) is 5.43 Å². The number of sulfonamides is 1. The van der Waals surface area contributed by atoms with E-state index in [0.717, 1.165) is 18.2 Å². The van der Waals surface area contributed by atoms with Gasteiger partial charge in [-0.3, -0.25) is 9.52 Å². The number of hydrogen-bond acceptors (Lipinski definition) is 5. The number of alkyl halides is 3. The molecule has 31 heavy (non-hydrogen) atoms. The van der Waals surface area contributed by atoms with E-state index in [1.54, 1.807) is 19.1 Å². The topological polar surface area (TPSA) is 101 Å². The van der Waals surface area contributed by atoms with E-state index in [1.807, 2.05) is 0 Å². The molecule has 0 aliphatic heterocycles. The number of rotatable bonds is 6. The fraction of sp³-hybridized carbons (Fsp3) is 0.100. The lowest BCUT2D eigenvalue weighted by Gasteiger charge is -2.11. The van der Waals surface area contributed by atoms with Crippen molar-refractivity contribution in [3.05, 3.63) is 83.3 Å². The number of nitrogens with zero attached hydrogens (tertiary/aromatic N) is 1. The Morgan fingerprint density at radius 3 is 2.48 bits per heavy atom. The fourth-order valence-corrected chi connectivity index (χ4v) is 3.61. The molecule has 3 aromatic rings. The minimum absolute atomic E-state index is 0.0142. The van der Waals surface area contributed by atoms with E-state index < -0.39 is 27.7 Å². The molecule has 0 bridgehead atoms. The van der Waals surface area contributed by atoms with Crippen LogP contribution in [-0.4, -0.2) is 20.5 Å². The summed E-state index contributed by atoms with van der Waals surface area (Å²) in [4.78, 5) is 11.9. The number of hydrazone groups is 1. The van der Waals surface area contributed by atoms with E-state index in [0.29, 0.717) is 17.6 Å². The maximum atomic E-state index is 12.8. The number of halogens is 3. The number of carbonyl (C=O) groups excluding carboxylic acids is 1. The van der Waals surface area contributed by atoms with Gasteiger partial charge in [0.2, 0.25) is 0 Å². The van der Waals surface area contributed by atoms with Crippen LogP contribution in [0.4, 0.5) is 18.9 Å². The first-order chi connectivity index (χ1) is 14.5. The van der Waals surface area contributed by atoms with Gasteiger partial charge < -0.3 is 4.42 Å². The Hall–Kier alpha value is -3.60. The van der Waals surface area contributed by atoms with Gasteiger partial charge in [-0.05, 0) is 55.5 Å². The highest BCUT2D eigenvalue weighted by Gasteiger charge is 2.30. The monoisotopic (exact) mass is 451 g/mol. The van der Waals surface area contributed by atoms with Crippen molar-refractivity contribution < 1.29 is 30.8 Å². The Morgan fingerprint density at radius 2 is 1.81 bits per heavy atom. The van der Waals surface area contributed by atoms with Gasteiger partial charge in [0.15, 0.2) is 0 Å². The lowest BCUT2D eigenvalue weighted by atomic mass is 10.2. The smallest absolute Gasteiger partial charge is 0.416 e. The summed E-state index contributed by atoms with van der Waals surface area (Å²) < 4.78 is 71.0. The number of hydrogen-bond donors (Lipinski definition) is 2. The second-order valence-corrected chi connectivity index (χ2v) is 8.04. The third kappa shape index (κ3) is 5.72. The average Bonchev–Trinajstić information content (AvgIpc) is 3.12. The molecule has 0 saturated carbocycles. The second kappa shape index (κ2) is 8.64. The molecule has 0 aliphatic rings. The molecule has 162 valence electrons. The average molecular weight is 451 g/mol. The normalized spacial score (nSPS) is 12.1. The van der Waals surface area contributed by atoms with Crippen molar-refractivity contribution in [2.45, 2.75) is 18.0 Å². The maximum absolute atomic E-state index is 12.8. The van der Waals surface area contributed by atoms with Crippen LogP contribution in [-0.2, 0) is 16.2 Å². The number of nitrogens with one attached hydrogen (secondary N) is 2. The number of aryl methyl sites for hydroxylation is 1. The Morgan fingerprint density at radius 1 is 1.06 bits per heavy atom. The number of amides is 1. The predicted molar refractivity (Wildman–Crippen MR) is 107 cm³/mol. The van der Waals surface area contributed by atoms with E-state index in [4.69, 9.17) is 4.42 Å². The largest absolute Gasteiger partial charge is 0.460 e. The number of benzene rings is 2. The molecule has 0 atom stereocenters. The van der Waals surface area contributed by atoms with Crippen LogP contribution >= 0.6 is 0 Å². The molecule has 0 spiro atoms. The highest BCUT2D eigenvalue weighted by Crippen LogP contribution is 2.31. The molecule has 1 amide bonds. The molecule has 0 saturated heterocycles. The molecule has 0 aliphatic carbocycles. The predicted octanol–water partition coefficient (Wildman–Crippen LogP) is 4.17. The Bertz CT molecular complexity index is 1230. The first-order valence-corrected chi connectivity index (χ1v) is 10.2. The standard InChI is InChI=1S/C20H16F3N3O4S/c1-13-8-9-17(30-13)12-24-25-19(27)14-4-2-7-18(10-14)31(28,29)26-16-6-3-5-15(11-16)20(21,22)23/h2-12,26H,1H3,(H,25,27)/b24-12-. The molecule has 3 rings (SSSR count). The van der Waals surface area contributed by atoms with Crippen molar-refractivity contribution in [2.24, 2.45) is 5.10 Å². The van der Waals surface area contributed by atoms with Crippen LogP contribution in [0.5, 0.6) is 0 Å². The zero-order chi connectivity index (χ0) is 22.6. The molecular formula is C20H16F3N3O4S. The summed E-state index contributed by atoms with van der Waals surface area (Å²) in [5.41, 5.74) is 0.969. The molecular weight excluding hydrogens is 435 g/mol. The molecule has 7 nitrogen and oxygen atoms in total. The Balaban J connectivity index is 1.75. The molecule has 0 fully saturated rings. The summed E-state index contributed by atoms with van der Waals surface area (Å²) >= 11 is 0. The van der Waals surface area contributed by atoms with Gasteiger partial charge in [0.1, 0.15) is 11.5 Å². The van der Waals surface area contributed by atoms with E-state index >= 15 is 0 Å². The third-order valence-corrected chi connectivity index (χ3v) is 5.35. The Labute approximate surface area is 175 Å². The summed E-state index contributed by atoms with van der Waals surface area (Å²) in [6.45, 7) is 1.75. The first-order valence-electron chi connectivity index (χ1n) is 8.74. The lowest BCUT2D eigenvalue weighted by Crippen LogP contribution is -2.19. The SMILES string of the molecule is Cc1ccc(/C=N\NC(=O)c2cccc(S(=O)(=O)Nc3cccc(C(F)(F)F)c3)c2)o1. The van der Waals surface area contributed by atoms with Gasteiger partial charge in [0.25, 0.3) is 15.9 Å². The molecule has 2 aromatic carbocycles. The summed E-state index contributed by atoms with van der Waals surface area (Å²) in [5.74, 6) is 0.397. The van der Waals surface area contributed by atoms with Crippen molar-refractivity contribution in [3.63, 3.8) is 0 Å². The summed E-state index contributed by atoms with van der Waals surface area (Å²) in [6.07, 6.45) is -3.34. The van der Waals surface area contributed by atoms with Gasteiger partial charge >= 0.3 is 6.18 Å². The van der Waals surface area contributed by atoms with Gasteiger partial charge in [-0.2, -0.15) is 18.3 Å². The van der Waals surface area contributed by atoms with Crippen LogP contribution < -0.4 is 10.1 Å². The van der Waals surface area contributed by atoms with Gasteiger partial charge in [-0.1, -0.05) is 12.1 Å². The molecule has 0 radical (unpaired) electrons. The summed E-state index contributed by atoms with van der Waals surface area (Å²) in [7, 11) is -4.24. The zero-order valence-corrected chi connectivity index (χ0v) is 16.8. The summed E-state index contributed by atoms with van der Waals surface area (Å²) in [5, 5.41) is 3.73. The van der Waals surface area contributed by atoms with Crippen molar-refractivity contribution in [1.29, 1.82) is 0 Å². The third-order valence-electron chi connectivity index (χ3n) is 3.97. The highest BCUT2D eigenvalue weighted by atomic mass is 32.2. The van der Waals surface area contributed by atoms with Gasteiger partial charge in [0, 0.05) is 11.3 Å². The van der Waals surface area contributed by atoms with Gasteiger partial charge in [-0.15, -0.1) is 0 Å². The second-order valence-electron chi connectivity index (χ2n) is 6.36. The quantitative estimate of drug-likeness (QED) is 0.434. The maximum Gasteiger partial charge on any atom is 0.416 e.